The van der Waals surface area contributed by atoms with E-state index in [0.29, 0.717) is 17.3 Å². The van der Waals surface area contributed by atoms with E-state index in [0.717, 1.165) is 38.9 Å². The molecule has 172 valence electrons. The maximum atomic E-state index is 12.6. The van der Waals surface area contributed by atoms with Crippen molar-refractivity contribution in [3.05, 3.63) is 12.2 Å². The van der Waals surface area contributed by atoms with Gasteiger partial charge in [-0.3, -0.25) is 4.79 Å². The van der Waals surface area contributed by atoms with Crippen LogP contribution in [0.1, 0.15) is 85.0 Å². The second-order valence-corrected chi connectivity index (χ2v) is 10.5. The number of allylic oxidation sites excluding steroid dienone is 1. The van der Waals surface area contributed by atoms with Crippen LogP contribution in [0.4, 0.5) is 0 Å². The molecule has 3 aliphatic rings. The summed E-state index contributed by atoms with van der Waals surface area (Å²) >= 11 is 0. The third kappa shape index (κ3) is 5.68. The van der Waals surface area contributed by atoms with Crippen LogP contribution in [0.25, 0.3) is 0 Å². The molecule has 2 aliphatic carbocycles. The monoisotopic (exact) mass is 418 g/mol. The number of rotatable bonds is 12. The Balaban J connectivity index is 1.44. The average Bonchev–Trinajstić information content (AvgIpc) is 3.01. The molecule has 0 radical (unpaired) electrons. The van der Waals surface area contributed by atoms with Gasteiger partial charge in [-0.25, -0.2) is 0 Å². The molecule has 1 N–H and O–H groups in total. The summed E-state index contributed by atoms with van der Waals surface area (Å²) in [5.41, 5.74) is 1.71. The molecule has 0 amide bonds. The largest absolute Gasteiger partial charge is 0.462 e. The Morgan fingerprint density at radius 3 is 2.57 bits per heavy atom. The summed E-state index contributed by atoms with van der Waals surface area (Å²) in [6.45, 7) is 16.7. The fourth-order valence-corrected chi connectivity index (χ4v) is 6.27. The number of hydrogen-bond donors (Lipinski definition) is 1. The van der Waals surface area contributed by atoms with E-state index in [1.54, 1.807) is 0 Å². The van der Waals surface area contributed by atoms with Gasteiger partial charge >= 0.3 is 5.97 Å². The van der Waals surface area contributed by atoms with Crippen molar-refractivity contribution in [3.8, 4) is 0 Å². The molecule has 0 aromatic carbocycles. The lowest BCUT2D eigenvalue weighted by atomic mass is 9.55. The molecule has 0 bridgehead atoms. The molecule has 4 heteroatoms. The van der Waals surface area contributed by atoms with Gasteiger partial charge in [-0.05, 0) is 88.9 Å². The quantitative estimate of drug-likeness (QED) is 0.269. The zero-order valence-electron chi connectivity index (χ0n) is 19.9. The van der Waals surface area contributed by atoms with E-state index in [1.165, 1.54) is 63.6 Å². The first kappa shape index (κ1) is 23.8. The lowest BCUT2D eigenvalue weighted by Crippen LogP contribution is -2.45. The van der Waals surface area contributed by atoms with Gasteiger partial charge in [0.25, 0.3) is 0 Å². The number of nitrogens with zero attached hydrogens (tertiary/aromatic N) is 1. The maximum Gasteiger partial charge on any atom is 0.310 e. The van der Waals surface area contributed by atoms with E-state index in [2.05, 4.69) is 37.6 Å². The van der Waals surface area contributed by atoms with E-state index < -0.39 is 0 Å². The van der Waals surface area contributed by atoms with E-state index in [1.807, 2.05) is 0 Å². The Hall–Kier alpha value is -0.870. The van der Waals surface area contributed by atoms with Crippen molar-refractivity contribution in [2.75, 3.05) is 32.7 Å². The fraction of sp³-hybridized carbons (Fsp3) is 0.885. The Morgan fingerprint density at radius 1 is 1.17 bits per heavy atom. The van der Waals surface area contributed by atoms with Gasteiger partial charge in [0, 0.05) is 12.5 Å². The lowest BCUT2D eigenvalue weighted by molar-refractivity contribution is -0.146. The smallest absolute Gasteiger partial charge is 0.310 e. The lowest BCUT2D eigenvalue weighted by Gasteiger charge is -2.50. The van der Waals surface area contributed by atoms with Crippen molar-refractivity contribution in [2.45, 2.75) is 91.1 Å². The van der Waals surface area contributed by atoms with Crippen LogP contribution in [0.2, 0.25) is 0 Å². The zero-order chi connectivity index (χ0) is 21.6. The van der Waals surface area contributed by atoms with Gasteiger partial charge in [-0.15, -0.1) is 0 Å². The second kappa shape index (κ2) is 11.1. The predicted octanol–water partition coefficient (Wildman–Crippen LogP) is 5.18. The van der Waals surface area contributed by atoms with Crippen LogP contribution in [0.5, 0.6) is 0 Å². The van der Waals surface area contributed by atoms with E-state index in [9.17, 15) is 4.79 Å². The highest BCUT2D eigenvalue weighted by atomic mass is 16.6. The Kier molecular flexibility index (Phi) is 8.82. The van der Waals surface area contributed by atoms with E-state index in [-0.39, 0.29) is 18.0 Å². The molecule has 30 heavy (non-hydrogen) atoms. The molecule has 3 rings (SSSR count). The fourth-order valence-electron chi connectivity index (χ4n) is 6.27. The third-order valence-corrected chi connectivity index (χ3v) is 8.17. The highest BCUT2D eigenvalue weighted by Crippen LogP contribution is 2.56. The van der Waals surface area contributed by atoms with Crippen LogP contribution in [-0.4, -0.2) is 49.7 Å². The van der Waals surface area contributed by atoms with Crippen LogP contribution in [0, 0.1) is 23.2 Å². The van der Waals surface area contributed by atoms with Gasteiger partial charge in [0.2, 0.25) is 0 Å². The van der Waals surface area contributed by atoms with Crippen LogP contribution in [0.3, 0.4) is 0 Å². The van der Waals surface area contributed by atoms with Crippen LogP contribution >= 0.6 is 0 Å². The van der Waals surface area contributed by atoms with Crippen LogP contribution in [-0.2, 0) is 9.53 Å². The average molecular weight is 419 g/mol. The third-order valence-electron chi connectivity index (χ3n) is 8.17. The molecule has 0 spiro atoms. The molecule has 3 fully saturated rings. The van der Waals surface area contributed by atoms with Gasteiger partial charge in [-0.1, -0.05) is 45.8 Å². The molecule has 1 saturated heterocycles. The van der Waals surface area contributed by atoms with Crippen molar-refractivity contribution >= 4 is 5.97 Å². The first-order chi connectivity index (χ1) is 14.5. The van der Waals surface area contributed by atoms with Gasteiger partial charge in [-0.2, -0.15) is 0 Å². The first-order valence-corrected chi connectivity index (χ1v) is 12.8. The number of nitrogens with one attached hydrogen (secondary N) is 1. The van der Waals surface area contributed by atoms with Gasteiger partial charge < -0.3 is 15.0 Å². The summed E-state index contributed by atoms with van der Waals surface area (Å²) in [4.78, 5) is 15.3. The maximum absolute atomic E-state index is 12.6. The molecule has 1 aliphatic heterocycles. The predicted molar refractivity (Wildman–Crippen MR) is 124 cm³/mol. The standard InChI is InChI=1S/C26H46N2O2/c1-5-7-14-28(15-8-6-2)16-10-13-27-19-22-21-17-23-20(3)11-9-12-26(23,4)18-24(21)30-25(22)29/h21-24,27H,3,5-19H2,1-2,4H3. The topological polar surface area (TPSA) is 41.6 Å². The van der Waals surface area contributed by atoms with Crippen LogP contribution < -0.4 is 5.32 Å². The summed E-state index contributed by atoms with van der Waals surface area (Å²) in [6.07, 6.45) is 12.2. The summed E-state index contributed by atoms with van der Waals surface area (Å²) < 4.78 is 5.89. The van der Waals surface area contributed by atoms with Crippen molar-refractivity contribution in [3.63, 3.8) is 0 Å². The molecule has 4 nitrogen and oxygen atoms in total. The normalized spacial score (nSPS) is 33.5. The molecule has 5 unspecified atom stereocenters. The number of unbranched alkanes of at least 4 members (excludes halogenated alkanes) is 2. The molecule has 1 heterocycles. The molecule has 0 aromatic rings. The number of fused-ring (bicyclic) bond motifs is 2. The Bertz CT molecular complexity index is 569. The Labute approximate surface area is 185 Å². The summed E-state index contributed by atoms with van der Waals surface area (Å²) in [6, 6.07) is 0. The number of carbonyl (C=O) groups excluding carboxylic acids is 1. The molecule has 2 saturated carbocycles. The van der Waals surface area contributed by atoms with E-state index in [4.69, 9.17) is 4.74 Å². The van der Waals surface area contributed by atoms with Crippen molar-refractivity contribution in [2.24, 2.45) is 23.2 Å². The van der Waals surface area contributed by atoms with Crippen molar-refractivity contribution in [1.82, 2.24) is 10.2 Å². The summed E-state index contributed by atoms with van der Waals surface area (Å²) in [5.74, 6) is 1.03. The van der Waals surface area contributed by atoms with Gasteiger partial charge in [0.15, 0.2) is 0 Å². The van der Waals surface area contributed by atoms with E-state index >= 15 is 0 Å². The van der Waals surface area contributed by atoms with Crippen LogP contribution in [0.15, 0.2) is 12.2 Å². The molecule has 0 aromatic heterocycles. The molecular formula is C26H46N2O2. The zero-order valence-corrected chi connectivity index (χ0v) is 19.9. The van der Waals surface area contributed by atoms with Gasteiger partial charge in [0.1, 0.15) is 6.10 Å². The molecule has 5 atom stereocenters. The SMILES string of the molecule is C=C1CCCC2(C)CC3OC(=O)C(CNCCCN(CCCC)CCCC)C3CC12. The minimum atomic E-state index is 0.0329. The number of esters is 1. The highest BCUT2D eigenvalue weighted by Gasteiger charge is 2.54. The minimum absolute atomic E-state index is 0.0329. The second-order valence-electron chi connectivity index (χ2n) is 10.5. The first-order valence-electron chi connectivity index (χ1n) is 12.8. The number of ether oxygens (including phenoxy) is 1. The molecular weight excluding hydrogens is 372 g/mol. The van der Waals surface area contributed by atoms with Crippen molar-refractivity contribution in [1.29, 1.82) is 0 Å². The summed E-state index contributed by atoms with van der Waals surface area (Å²) in [7, 11) is 0. The van der Waals surface area contributed by atoms with Crippen molar-refractivity contribution < 1.29 is 9.53 Å². The number of hydrogen-bond acceptors (Lipinski definition) is 4. The highest BCUT2D eigenvalue weighted by molar-refractivity contribution is 5.75. The Morgan fingerprint density at radius 2 is 1.87 bits per heavy atom. The summed E-state index contributed by atoms with van der Waals surface area (Å²) in [5, 5.41) is 3.60. The van der Waals surface area contributed by atoms with Gasteiger partial charge in [0.05, 0.1) is 5.92 Å². The minimum Gasteiger partial charge on any atom is -0.462 e. The number of carbonyl (C=O) groups is 1.